The van der Waals surface area contributed by atoms with E-state index in [1.165, 1.54) is 0 Å². The molecule has 0 saturated heterocycles. The summed E-state index contributed by atoms with van der Waals surface area (Å²) < 4.78 is 13.5. The highest BCUT2D eigenvalue weighted by Crippen LogP contribution is 2.17. The van der Waals surface area contributed by atoms with Gasteiger partial charge in [-0.2, -0.15) is 0 Å². The van der Waals surface area contributed by atoms with Gasteiger partial charge in [0.15, 0.2) is 0 Å². The number of rotatable bonds is 3. The van der Waals surface area contributed by atoms with E-state index in [-0.39, 0.29) is 11.7 Å². The summed E-state index contributed by atoms with van der Waals surface area (Å²) in [6.45, 7) is 3.39. The summed E-state index contributed by atoms with van der Waals surface area (Å²) in [6, 6.07) is 5.16. The lowest BCUT2D eigenvalue weighted by atomic mass is 10.00. The largest absolute Gasteiger partial charge is 0.281 e. The fourth-order valence-corrected chi connectivity index (χ4v) is 1.35. The third-order valence-corrected chi connectivity index (χ3v) is 2.56. The highest BCUT2D eigenvalue weighted by atomic mass is 35.5. The lowest BCUT2D eigenvalue weighted by Gasteiger charge is -2.08. The van der Waals surface area contributed by atoms with E-state index in [1.807, 2.05) is 0 Å². The minimum Gasteiger partial charge on any atom is -0.281 e. The molecule has 0 aliphatic heterocycles. The van der Waals surface area contributed by atoms with Crippen LogP contribution in [0.4, 0.5) is 4.39 Å². The number of hydrogen-bond donors (Lipinski definition) is 0. The van der Waals surface area contributed by atoms with E-state index in [1.54, 1.807) is 32.0 Å². The zero-order chi connectivity index (χ0) is 10.7. The van der Waals surface area contributed by atoms with Gasteiger partial charge in [0.25, 0.3) is 0 Å². The predicted molar refractivity (Wildman–Crippen MR) is 54.9 cm³/mol. The molecule has 1 aromatic rings. The summed E-state index contributed by atoms with van der Waals surface area (Å²) in [5.74, 6) is -0.578. The Kier molecular flexibility index (Phi) is 3.64. The SMILES string of the molecule is Cc1cccc(CC(C)C(=O)Cl)c1F. The predicted octanol–water partition coefficient (Wildman–Crippen LogP) is 3.08. The van der Waals surface area contributed by atoms with E-state index >= 15 is 0 Å². The maximum atomic E-state index is 13.5. The third-order valence-electron chi connectivity index (χ3n) is 2.19. The van der Waals surface area contributed by atoms with Crippen LogP contribution in [0.3, 0.4) is 0 Å². The van der Waals surface area contributed by atoms with Crippen molar-refractivity contribution in [2.24, 2.45) is 5.92 Å². The van der Waals surface area contributed by atoms with Crippen molar-refractivity contribution in [2.75, 3.05) is 0 Å². The smallest absolute Gasteiger partial charge is 0.224 e. The molecule has 0 heterocycles. The molecule has 1 aromatic carbocycles. The van der Waals surface area contributed by atoms with Crippen LogP contribution in [0, 0.1) is 18.7 Å². The average molecular weight is 215 g/mol. The zero-order valence-corrected chi connectivity index (χ0v) is 8.94. The van der Waals surface area contributed by atoms with Gasteiger partial charge in [-0.05, 0) is 36.1 Å². The maximum Gasteiger partial charge on any atom is 0.224 e. The Bertz CT molecular complexity index is 349. The summed E-state index contributed by atoms with van der Waals surface area (Å²) in [5.41, 5.74) is 1.14. The molecule has 0 amide bonds. The molecule has 0 aliphatic carbocycles. The first-order valence-corrected chi connectivity index (χ1v) is 4.83. The van der Waals surface area contributed by atoms with Gasteiger partial charge in [0.05, 0.1) is 0 Å². The van der Waals surface area contributed by atoms with Crippen molar-refractivity contribution in [3.05, 3.63) is 35.1 Å². The van der Waals surface area contributed by atoms with E-state index in [2.05, 4.69) is 0 Å². The normalized spacial score (nSPS) is 12.6. The Morgan fingerprint density at radius 3 is 2.79 bits per heavy atom. The fraction of sp³-hybridized carbons (Fsp3) is 0.364. The van der Waals surface area contributed by atoms with Gasteiger partial charge >= 0.3 is 0 Å². The topological polar surface area (TPSA) is 17.1 Å². The summed E-state index contributed by atoms with van der Waals surface area (Å²) in [5, 5.41) is -0.425. The van der Waals surface area contributed by atoms with Crippen molar-refractivity contribution < 1.29 is 9.18 Å². The van der Waals surface area contributed by atoms with Gasteiger partial charge in [-0.3, -0.25) is 4.79 Å². The van der Waals surface area contributed by atoms with Gasteiger partial charge in [0.2, 0.25) is 5.24 Å². The van der Waals surface area contributed by atoms with Crippen molar-refractivity contribution in [3.8, 4) is 0 Å². The lowest BCUT2D eigenvalue weighted by Crippen LogP contribution is -2.09. The molecule has 0 radical (unpaired) electrons. The Morgan fingerprint density at radius 1 is 1.57 bits per heavy atom. The summed E-state index contributed by atoms with van der Waals surface area (Å²) >= 11 is 5.31. The molecule has 1 nitrogen and oxygen atoms in total. The molecule has 14 heavy (non-hydrogen) atoms. The Morgan fingerprint density at radius 2 is 2.21 bits per heavy atom. The molecule has 1 atom stereocenters. The number of carbonyl (C=O) groups is 1. The molecule has 0 saturated carbocycles. The summed E-state index contributed by atoms with van der Waals surface area (Å²) in [6.07, 6.45) is 0.357. The molecule has 3 heteroatoms. The van der Waals surface area contributed by atoms with Crippen molar-refractivity contribution >= 4 is 16.8 Å². The van der Waals surface area contributed by atoms with Crippen molar-refractivity contribution in [2.45, 2.75) is 20.3 Å². The summed E-state index contributed by atoms with van der Waals surface area (Å²) in [4.78, 5) is 10.8. The molecular weight excluding hydrogens is 203 g/mol. The van der Waals surface area contributed by atoms with Crippen molar-refractivity contribution in [3.63, 3.8) is 0 Å². The van der Waals surface area contributed by atoms with Crippen LogP contribution in [-0.4, -0.2) is 5.24 Å². The number of halogens is 2. The highest BCUT2D eigenvalue weighted by molar-refractivity contribution is 6.63. The fourth-order valence-electron chi connectivity index (χ4n) is 1.28. The molecule has 76 valence electrons. The molecule has 0 fully saturated rings. The number of carbonyl (C=O) groups excluding carboxylic acids is 1. The van der Waals surface area contributed by atoms with Crippen LogP contribution >= 0.6 is 11.6 Å². The number of hydrogen-bond acceptors (Lipinski definition) is 1. The van der Waals surface area contributed by atoms with E-state index in [4.69, 9.17) is 11.6 Å². The Hall–Kier alpha value is -0.890. The molecular formula is C11H12ClFO. The van der Waals surface area contributed by atoms with Crippen LogP contribution in [0.1, 0.15) is 18.1 Å². The minimum absolute atomic E-state index is 0.239. The highest BCUT2D eigenvalue weighted by Gasteiger charge is 2.13. The van der Waals surface area contributed by atoms with Crippen LogP contribution in [0.2, 0.25) is 0 Å². The molecule has 1 unspecified atom stereocenters. The van der Waals surface area contributed by atoms with E-state index < -0.39 is 5.24 Å². The maximum absolute atomic E-state index is 13.5. The van der Waals surface area contributed by atoms with Crippen LogP contribution in [0.25, 0.3) is 0 Å². The first kappa shape index (κ1) is 11.2. The number of benzene rings is 1. The minimum atomic E-state index is -0.425. The second-order valence-corrected chi connectivity index (χ2v) is 3.83. The van der Waals surface area contributed by atoms with Gasteiger partial charge in [-0.15, -0.1) is 0 Å². The molecule has 0 N–H and O–H groups in total. The second-order valence-electron chi connectivity index (χ2n) is 3.46. The van der Waals surface area contributed by atoms with Gasteiger partial charge in [0.1, 0.15) is 5.82 Å². The molecule has 0 bridgehead atoms. The number of aryl methyl sites for hydroxylation is 1. The Labute approximate surface area is 87.9 Å². The van der Waals surface area contributed by atoms with E-state index in [0.717, 1.165) is 0 Å². The zero-order valence-electron chi connectivity index (χ0n) is 8.18. The molecule has 1 rings (SSSR count). The first-order valence-electron chi connectivity index (χ1n) is 4.45. The third kappa shape index (κ3) is 2.55. The van der Waals surface area contributed by atoms with Crippen molar-refractivity contribution in [1.29, 1.82) is 0 Å². The molecule has 0 aromatic heterocycles. The standard InChI is InChI=1S/C11H12ClFO/c1-7-4-3-5-9(10(7)13)6-8(2)11(12)14/h3-5,8H,6H2,1-2H3. The first-order chi connectivity index (χ1) is 6.52. The summed E-state index contributed by atoms with van der Waals surface area (Å²) in [7, 11) is 0. The second kappa shape index (κ2) is 4.56. The van der Waals surface area contributed by atoms with Crippen LogP contribution < -0.4 is 0 Å². The van der Waals surface area contributed by atoms with E-state index in [9.17, 15) is 9.18 Å². The lowest BCUT2D eigenvalue weighted by molar-refractivity contribution is -0.114. The van der Waals surface area contributed by atoms with Crippen LogP contribution in [0.15, 0.2) is 18.2 Å². The average Bonchev–Trinajstić information content (AvgIpc) is 2.12. The molecule has 0 aliphatic rings. The van der Waals surface area contributed by atoms with Crippen molar-refractivity contribution in [1.82, 2.24) is 0 Å². The van der Waals surface area contributed by atoms with Crippen LogP contribution in [0.5, 0.6) is 0 Å². The van der Waals surface area contributed by atoms with Gasteiger partial charge in [-0.1, -0.05) is 25.1 Å². The quantitative estimate of drug-likeness (QED) is 0.707. The van der Waals surface area contributed by atoms with E-state index in [0.29, 0.717) is 17.5 Å². The molecule has 0 spiro atoms. The van der Waals surface area contributed by atoms with Gasteiger partial charge in [-0.25, -0.2) is 4.39 Å². The Balaban J connectivity index is 2.87. The van der Waals surface area contributed by atoms with Gasteiger partial charge < -0.3 is 0 Å². The monoisotopic (exact) mass is 214 g/mol. The van der Waals surface area contributed by atoms with Gasteiger partial charge in [0, 0.05) is 5.92 Å². The van der Waals surface area contributed by atoms with Crippen LogP contribution in [-0.2, 0) is 11.2 Å².